The highest BCUT2D eigenvalue weighted by molar-refractivity contribution is 6.26. The molecular formula is C77H44N16O3+6. The van der Waals surface area contributed by atoms with Crippen molar-refractivity contribution in [2.75, 3.05) is 0 Å². The standard InChI is InChI=1S/2C26H15N5O.C25H14N6O/c1-14-13-19-18-7-2-8-21-30(18)26(31(19)28-14)23-20(32-21)10-9-15-16-5-3-11-27-24(16)17-6-4-12-29(26)25(17)22(15)23;1-14-12-20-19-5-2-6-22-30(19)26(31(20)28-14)24-21(32-22)8-7-16-15-9-10-27-13-18(15)17-4-3-11-29(26)25(17)23(16)24;1-13-12-17-16-5-2-6-19-30(16)25(31(17)28-13)21-18(32-19)8-7-14-20(21)24-15(4-3-11-29(24)25)23-22(14)26-9-10-27-23/h2*2-13H,1H3;2-12H,1H3/q3*+2. The maximum absolute atomic E-state index is 6.52. The molecule has 18 aromatic rings. The van der Waals surface area contributed by atoms with Gasteiger partial charge in [-0.25, -0.2) is 0 Å². The highest BCUT2D eigenvalue weighted by atomic mass is 16.5. The predicted molar refractivity (Wildman–Crippen MR) is 350 cm³/mol. The molecule has 9 aliphatic rings. The van der Waals surface area contributed by atoms with Gasteiger partial charge in [-0.3, -0.25) is 19.9 Å². The van der Waals surface area contributed by atoms with Gasteiger partial charge >= 0.3 is 35.0 Å². The van der Waals surface area contributed by atoms with Crippen molar-refractivity contribution in [3.8, 4) is 69.1 Å². The molecule has 9 aliphatic heterocycles. The number of fused-ring (bicyclic) bond motifs is 15. The first-order chi connectivity index (χ1) is 47.3. The molecule has 3 atom stereocenters. The summed E-state index contributed by atoms with van der Waals surface area (Å²) in [5.41, 5.74) is 19.3. The zero-order valence-electron chi connectivity index (χ0n) is 51.1. The molecule has 0 amide bonds. The number of hydrogen-bond acceptors (Lipinski definition) is 10. The minimum Gasteiger partial charge on any atom is -0.404 e. The van der Waals surface area contributed by atoms with Crippen molar-refractivity contribution < 1.29 is 41.6 Å². The van der Waals surface area contributed by atoms with Gasteiger partial charge in [-0.05, 0) is 140 Å². The smallest absolute Gasteiger partial charge is 0.404 e. The molecule has 96 heavy (non-hydrogen) atoms. The minimum absolute atomic E-state index is 0.671. The van der Waals surface area contributed by atoms with Gasteiger partial charge in [0, 0.05) is 83.5 Å². The van der Waals surface area contributed by atoms with Gasteiger partial charge in [-0.15, -0.1) is 27.7 Å². The first kappa shape index (κ1) is 48.7. The molecule has 27 rings (SSSR count). The molecular weight excluding hydrogens is 1200 g/mol. The third kappa shape index (κ3) is 4.96. The van der Waals surface area contributed by atoms with Gasteiger partial charge in [0.15, 0.2) is 52.5 Å². The Morgan fingerprint density at radius 1 is 0.344 bits per heavy atom. The second-order valence-corrected chi connectivity index (χ2v) is 26.3. The lowest BCUT2D eigenvalue weighted by Gasteiger charge is -2.23. The summed E-state index contributed by atoms with van der Waals surface area (Å²) in [7, 11) is 0. The molecule has 3 spiro atoms. The highest BCUT2D eigenvalue weighted by Gasteiger charge is 2.75. The molecule has 0 bridgehead atoms. The van der Waals surface area contributed by atoms with Crippen LogP contribution in [0.5, 0.6) is 34.9 Å². The first-order valence-electron chi connectivity index (χ1n) is 32.2. The molecule has 12 aromatic heterocycles. The van der Waals surface area contributed by atoms with E-state index in [9.17, 15) is 0 Å². The third-order valence-electron chi connectivity index (χ3n) is 21.8. The minimum atomic E-state index is -0.707. The second-order valence-electron chi connectivity index (χ2n) is 26.3. The van der Waals surface area contributed by atoms with E-state index >= 15 is 0 Å². The average molecular weight is 1240 g/mol. The second kappa shape index (κ2) is 15.7. The molecule has 0 saturated heterocycles. The van der Waals surface area contributed by atoms with Crippen LogP contribution in [-0.2, 0) is 17.4 Å². The molecule has 19 heteroatoms. The van der Waals surface area contributed by atoms with Crippen LogP contribution in [-0.4, -0.2) is 49.3 Å². The van der Waals surface area contributed by atoms with E-state index in [1.165, 1.54) is 43.4 Å². The van der Waals surface area contributed by atoms with Gasteiger partial charge in [0.25, 0.3) is 0 Å². The van der Waals surface area contributed by atoms with Crippen LogP contribution in [0.4, 0.5) is 0 Å². The lowest BCUT2D eigenvalue weighted by atomic mass is 9.94. The fraction of sp³-hybridized carbons (Fsp3) is 0.0779. The summed E-state index contributed by atoms with van der Waals surface area (Å²) in [6.45, 7) is 6.17. The number of benzene rings is 6. The van der Waals surface area contributed by atoms with Gasteiger partial charge in [0.1, 0.15) is 22.6 Å². The van der Waals surface area contributed by atoms with E-state index < -0.39 is 17.4 Å². The van der Waals surface area contributed by atoms with E-state index in [0.29, 0.717) is 0 Å². The van der Waals surface area contributed by atoms with Gasteiger partial charge in [-0.1, -0.05) is 19.8 Å². The Labute approximate surface area is 540 Å². The van der Waals surface area contributed by atoms with Crippen molar-refractivity contribution in [1.82, 2.24) is 49.3 Å². The Bertz CT molecular complexity index is 6320. The van der Waals surface area contributed by atoms with E-state index in [1.54, 1.807) is 12.4 Å². The van der Waals surface area contributed by atoms with Crippen molar-refractivity contribution in [2.24, 2.45) is 0 Å². The van der Waals surface area contributed by atoms with Gasteiger partial charge in [-0.2, -0.15) is 15.3 Å². The molecule has 0 radical (unpaired) electrons. The van der Waals surface area contributed by atoms with Crippen LogP contribution in [0.15, 0.2) is 213 Å². The van der Waals surface area contributed by atoms with Crippen LogP contribution in [0.3, 0.4) is 0 Å². The normalized spacial score (nSPS) is 18.5. The van der Waals surface area contributed by atoms with Crippen LogP contribution in [0.1, 0.15) is 33.8 Å². The molecule has 19 nitrogen and oxygen atoms in total. The van der Waals surface area contributed by atoms with Gasteiger partial charge < -0.3 is 14.2 Å². The van der Waals surface area contributed by atoms with Crippen molar-refractivity contribution >= 4 is 97.7 Å². The lowest BCUT2D eigenvalue weighted by molar-refractivity contribution is -0.970. The van der Waals surface area contributed by atoms with Crippen LogP contribution >= 0.6 is 0 Å². The van der Waals surface area contributed by atoms with E-state index in [1.807, 2.05) is 55.8 Å². The topological polar surface area (TPSA) is 156 Å². The van der Waals surface area contributed by atoms with Crippen LogP contribution in [0.2, 0.25) is 0 Å². The fourth-order valence-electron chi connectivity index (χ4n) is 18.8. The molecule has 0 fully saturated rings. The lowest BCUT2D eigenvalue weighted by Crippen LogP contribution is -2.75. The summed E-state index contributed by atoms with van der Waals surface area (Å²) >= 11 is 0. The van der Waals surface area contributed by atoms with Crippen molar-refractivity contribution in [2.45, 2.75) is 38.1 Å². The van der Waals surface area contributed by atoms with Crippen LogP contribution < -0.4 is 41.6 Å². The van der Waals surface area contributed by atoms with E-state index in [4.69, 9.17) is 44.5 Å². The number of rotatable bonds is 0. The summed E-state index contributed by atoms with van der Waals surface area (Å²) < 4.78 is 40.0. The maximum Gasteiger partial charge on any atom is 0.504 e. The predicted octanol–water partition coefficient (Wildman–Crippen LogP) is 10.7. The first-order valence-corrected chi connectivity index (χ1v) is 32.2. The fourth-order valence-corrected chi connectivity index (χ4v) is 18.8. The average Bonchev–Trinajstić information content (AvgIpc) is 1.49. The van der Waals surface area contributed by atoms with Crippen LogP contribution in [0.25, 0.3) is 132 Å². The van der Waals surface area contributed by atoms with E-state index in [2.05, 4.69) is 212 Å². The van der Waals surface area contributed by atoms with E-state index in [-0.39, 0.29) is 0 Å². The Kier molecular flexibility index (Phi) is 7.97. The molecule has 0 aliphatic carbocycles. The maximum atomic E-state index is 6.52. The van der Waals surface area contributed by atoms with Gasteiger partial charge in [0.05, 0.1) is 78.6 Å². The molecule has 6 aromatic carbocycles. The summed E-state index contributed by atoms with van der Waals surface area (Å²) in [6, 6.07) is 57.1. The number of hydrogen-bond donors (Lipinski definition) is 0. The molecule has 0 saturated carbocycles. The Balaban J connectivity index is 0.0000000865. The van der Waals surface area contributed by atoms with Crippen LogP contribution in [0, 0.1) is 20.8 Å². The highest BCUT2D eigenvalue weighted by Crippen LogP contribution is 2.57. The Morgan fingerprint density at radius 3 is 1.27 bits per heavy atom. The van der Waals surface area contributed by atoms with Gasteiger partial charge in [0.2, 0.25) is 33.6 Å². The largest absolute Gasteiger partial charge is 0.504 e. The van der Waals surface area contributed by atoms with Crippen molar-refractivity contribution in [3.05, 3.63) is 247 Å². The summed E-state index contributed by atoms with van der Waals surface area (Å²) in [6.07, 6.45) is 15.8. The van der Waals surface area contributed by atoms with Crippen molar-refractivity contribution in [1.29, 1.82) is 0 Å². The number of nitrogens with zero attached hydrogens (tertiary/aromatic N) is 16. The zero-order chi connectivity index (χ0) is 62.3. The summed E-state index contributed by atoms with van der Waals surface area (Å²) in [5, 5.41) is 29.1. The SMILES string of the molecule is Cc1cc2n(n1)C13c4c(ccc5c6cccnc6c6ccc[n+]1c6c45)Oc1cccc-2[n+]13.Cc1cc2n(n1)C13c4c(ccc5c6ccncc6c6ccc[n+]1c6c45)Oc1cccc-2[n+]13.Cc1cc2n(n1)C13c4c(ccc5c6nccnc6c6ccc[n+]1c6c45)Oc1cccc-2[n+]13. The summed E-state index contributed by atoms with van der Waals surface area (Å²) in [5.74, 6) is 3.00. The Morgan fingerprint density at radius 2 is 0.760 bits per heavy atom. The number of aromatic nitrogens is 16. The quantitative estimate of drug-likeness (QED) is 0.106. The number of aryl methyl sites for hydroxylation is 3. The van der Waals surface area contributed by atoms with E-state index in [0.717, 1.165) is 157 Å². The molecule has 3 unspecified atom stereocenters. The summed E-state index contributed by atoms with van der Waals surface area (Å²) in [4.78, 5) is 18.7. The molecule has 0 N–H and O–H groups in total. The zero-order valence-corrected chi connectivity index (χ0v) is 51.1. The molecule has 444 valence electrons. The number of ether oxygens (including phenoxy) is 3. The Hall–Kier alpha value is -13.0. The molecule has 21 heterocycles. The third-order valence-corrected chi connectivity index (χ3v) is 21.8. The van der Waals surface area contributed by atoms with Crippen molar-refractivity contribution in [3.63, 3.8) is 0 Å². The monoisotopic (exact) mass is 1240 g/mol. The number of pyridine rings is 8.